The van der Waals surface area contributed by atoms with Crippen LogP contribution in [0, 0.1) is 19.3 Å². The van der Waals surface area contributed by atoms with Gasteiger partial charge in [0.05, 0.1) is 16.4 Å². The minimum Gasteiger partial charge on any atom is -0.361 e. The van der Waals surface area contributed by atoms with Crippen LogP contribution in [0.4, 0.5) is 0 Å². The highest BCUT2D eigenvalue weighted by molar-refractivity contribution is 7.90. The molecule has 1 aliphatic carbocycles. The lowest BCUT2D eigenvalue weighted by Gasteiger charge is -2.39. The minimum absolute atomic E-state index is 0.169. The van der Waals surface area contributed by atoms with E-state index in [0.29, 0.717) is 49.2 Å². The van der Waals surface area contributed by atoms with Gasteiger partial charge in [0, 0.05) is 13.1 Å². The van der Waals surface area contributed by atoms with Crippen LogP contribution in [0.15, 0.2) is 4.52 Å². The first-order valence-corrected chi connectivity index (χ1v) is 9.97. The second kappa shape index (κ2) is 6.12. The first-order valence-electron chi connectivity index (χ1n) is 8.42. The molecule has 1 atom stereocenters. The zero-order valence-electron chi connectivity index (χ0n) is 14.7. The third kappa shape index (κ3) is 3.42. The van der Waals surface area contributed by atoms with Crippen molar-refractivity contribution in [1.29, 1.82) is 0 Å². The number of aromatic nitrogens is 1. The van der Waals surface area contributed by atoms with E-state index < -0.39 is 26.6 Å². The summed E-state index contributed by atoms with van der Waals surface area (Å²) in [5.41, 5.74) is -0.0136. The molecule has 1 saturated heterocycles. The van der Waals surface area contributed by atoms with Gasteiger partial charge in [0.2, 0.25) is 15.9 Å². The number of amides is 2. The van der Waals surface area contributed by atoms with Crippen molar-refractivity contribution < 1.29 is 22.5 Å². The number of piperidine rings is 1. The summed E-state index contributed by atoms with van der Waals surface area (Å²) in [5, 5.41) is 3.34. The predicted molar refractivity (Wildman–Crippen MR) is 89.3 cm³/mol. The lowest BCUT2D eigenvalue weighted by molar-refractivity contribution is -0.130. The van der Waals surface area contributed by atoms with Gasteiger partial charge in [-0.05, 0) is 46.5 Å². The molecule has 1 aromatic rings. The summed E-state index contributed by atoms with van der Waals surface area (Å²) < 4.78 is 31.4. The normalized spacial score (nSPS) is 24.2. The zero-order valence-corrected chi connectivity index (χ0v) is 15.5. The Bertz CT molecular complexity index is 792. The summed E-state index contributed by atoms with van der Waals surface area (Å²) in [6.45, 7) is 5.76. The van der Waals surface area contributed by atoms with E-state index in [4.69, 9.17) is 4.52 Å². The highest BCUT2D eigenvalue weighted by Gasteiger charge is 2.44. The molecule has 0 spiro atoms. The second-order valence-electron chi connectivity index (χ2n) is 7.27. The van der Waals surface area contributed by atoms with E-state index in [1.165, 1.54) is 0 Å². The van der Waals surface area contributed by atoms with Gasteiger partial charge in [0.1, 0.15) is 11.3 Å². The van der Waals surface area contributed by atoms with Gasteiger partial charge in [-0.3, -0.25) is 14.3 Å². The lowest BCUT2D eigenvalue weighted by Crippen LogP contribution is -2.53. The van der Waals surface area contributed by atoms with Crippen LogP contribution < -0.4 is 4.72 Å². The summed E-state index contributed by atoms with van der Waals surface area (Å²) in [7, 11) is -3.60. The number of hydrogen-bond acceptors (Lipinski definition) is 6. The monoisotopic (exact) mass is 369 g/mol. The molecule has 1 unspecified atom stereocenters. The van der Waals surface area contributed by atoms with Crippen molar-refractivity contribution in [2.75, 3.05) is 13.1 Å². The molecule has 2 fully saturated rings. The van der Waals surface area contributed by atoms with E-state index in [1.54, 1.807) is 25.7 Å². The number of hydrogen-bond donors (Lipinski definition) is 1. The fourth-order valence-electron chi connectivity index (χ4n) is 3.26. The Morgan fingerprint density at radius 1 is 1.32 bits per heavy atom. The second-order valence-corrected chi connectivity index (χ2v) is 9.23. The fraction of sp³-hybridized carbons (Fsp3) is 0.688. The number of nitrogens with one attached hydrogen (secondary N) is 1. The maximum absolute atomic E-state index is 12.8. The van der Waals surface area contributed by atoms with Crippen molar-refractivity contribution in [3.8, 4) is 0 Å². The highest BCUT2D eigenvalue weighted by Crippen LogP contribution is 2.33. The quantitative estimate of drug-likeness (QED) is 0.852. The van der Waals surface area contributed by atoms with E-state index in [1.807, 2.05) is 0 Å². The topological polar surface area (TPSA) is 110 Å². The zero-order chi connectivity index (χ0) is 18.4. The van der Waals surface area contributed by atoms with Crippen LogP contribution in [0.25, 0.3) is 0 Å². The van der Waals surface area contributed by atoms with Crippen LogP contribution >= 0.6 is 0 Å². The van der Waals surface area contributed by atoms with Gasteiger partial charge >= 0.3 is 0 Å². The van der Waals surface area contributed by atoms with Crippen molar-refractivity contribution in [2.45, 2.75) is 51.7 Å². The molecule has 25 heavy (non-hydrogen) atoms. The summed E-state index contributed by atoms with van der Waals surface area (Å²) in [5.74, 6) is -0.328. The Morgan fingerprint density at radius 3 is 2.56 bits per heavy atom. The van der Waals surface area contributed by atoms with E-state index in [2.05, 4.69) is 9.88 Å². The SMILES string of the molecule is Cc1noc(C)c1C(=O)N1CCCC(C)(C(=O)NS(=O)(=O)C2CC2)C1. The maximum atomic E-state index is 12.8. The molecule has 3 rings (SSSR count). The lowest BCUT2D eigenvalue weighted by atomic mass is 9.81. The van der Waals surface area contributed by atoms with Gasteiger partial charge < -0.3 is 9.42 Å². The maximum Gasteiger partial charge on any atom is 0.259 e. The highest BCUT2D eigenvalue weighted by atomic mass is 32.2. The van der Waals surface area contributed by atoms with Gasteiger partial charge in [0.15, 0.2) is 0 Å². The van der Waals surface area contributed by atoms with Crippen LogP contribution in [0.2, 0.25) is 0 Å². The average Bonchev–Trinajstić information content (AvgIpc) is 3.34. The molecule has 0 bridgehead atoms. The summed E-state index contributed by atoms with van der Waals surface area (Å²) in [4.78, 5) is 27.0. The number of nitrogens with zero attached hydrogens (tertiary/aromatic N) is 2. The summed E-state index contributed by atoms with van der Waals surface area (Å²) >= 11 is 0. The van der Waals surface area contributed by atoms with Crippen molar-refractivity contribution >= 4 is 21.8 Å². The Balaban J connectivity index is 1.75. The Kier molecular flexibility index (Phi) is 4.38. The van der Waals surface area contributed by atoms with Crippen molar-refractivity contribution in [3.05, 3.63) is 17.0 Å². The van der Waals surface area contributed by atoms with Crippen molar-refractivity contribution in [3.63, 3.8) is 0 Å². The van der Waals surface area contributed by atoms with Crippen molar-refractivity contribution in [1.82, 2.24) is 14.8 Å². The molecule has 2 heterocycles. The first-order chi connectivity index (χ1) is 11.6. The third-order valence-electron chi connectivity index (χ3n) is 4.98. The number of carbonyl (C=O) groups excluding carboxylic acids is 2. The van der Waals surface area contributed by atoms with Crippen LogP contribution in [-0.2, 0) is 14.8 Å². The summed E-state index contributed by atoms with van der Waals surface area (Å²) in [6, 6.07) is 0. The molecule has 1 aliphatic heterocycles. The smallest absolute Gasteiger partial charge is 0.259 e. The largest absolute Gasteiger partial charge is 0.361 e. The van der Waals surface area contributed by atoms with Crippen LogP contribution in [0.1, 0.15) is 54.4 Å². The summed E-state index contributed by atoms with van der Waals surface area (Å²) in [6.07, 6.45) is 2.35. The minimum atomic E-state index is -3.60. The van der Waals surface area contributed by atoms with Gasteiger partial charge in [0.25, 0.3) is 5.91 Å². The van der Waals surface area contributed by atoms with Gasteiger partial charge in [-0.2, -0.15) is 0 Å². The van der Waals surface area contributed by atoms with Gasteiger partial charge in [-0.25, -0.2) is 8.42 Å². The van der Waals surface area contributed by atoms with E-state index in [0.717, 1.165) is 0 Å². The first kappa shape index (κ1) is 17.9. The number of likely N-dealkylation sites (tertiary alicyclic amines) is 1. The Morgan fingerprint density at radius 2 is 2.00 bits per heavy atom. The predicted octanol–water partition coefficient (Wildman–Crippen LogP) is 1.14. The number of carbonyl (C=O) groups is 2. The van der Waals surface area contributed by atoms with Crippen LogP contribution in [-0.4, -0.2) is 48.6 Å². The van der Waals surface area contributed by atoms with Crippen LogP contribution in [0.3, 0.4) is 0 Å². The van der Waals surface area contributed by atoms with Crippen LogP contribution in [0.5, 0.6) is 0 Å². The number of rotatable bonds is 4. The molecule has 2 aliphatic rings. The Hall–Kier alpha value is -1.90. The average molecular weight is 369 g/mol. The molecular weight excluding hydrogens is 346 g/mol. The van der Waals surface area contributed by atoms with E-state index in [9.17, 15) is 18.0 Å². The molecule has 1 saturated carbocycles. The third-order valence-corrected chi connectivity index (χ3v) is 6.80. The number of sulfonamides is 1. The standard InChI is InChI=1S/C16H23N3O5S/c1-10-13(11(2)24-17-10)14(20)19-8-4-7-16(3,9-19)15(21)18-25(22,23)12-5-6-12/h12H,4-9H2,1-3H3,(H,18,21). The molecule has 138 valence electrons. The Labute approximate surface area is 147 Å². The van der Waals surface area contributed by atoms with Gasteiger partial charge in [-0.15, -0.1) is 0 Å². The van der Waals surface area contributed by atoms with E-state index in [-0.39, 0.29) is 12.5 Å². The van der Waals surface area contributed by atoms with E-state index >= 15 is 0 Å². The molecule has 1 N–H and O–H groups in total. The van der Waals surface area contributed by atoms with Crippen molar-refractivity contribution in [2.24, 2.45) is 5.41 Å². The van der Waals surface area contributed by atoms with Gasteiger partial charge in [-0.1, -0.05) is 5.16 Å². The molecule has 2 amide bonds. The molecular formula is C16H23N3O5S. The molecule has 1 aromatic heterocycles. The molecule has 9 heteroatoms. The number of aryl methyl sites for hydroxylation is 2. The molecule has 0 radical (unpaired) electrons. The fourth-order valence-corrected chi connectivity index (χ4v) is 4.69. The molecule has 0 aromatic carbocycles. The molecule has 8 nitrogen and oxygen atoms in total.